The Bertz CT molecular complexity index is 800. The summed E-state index contributed by atoms with van der Waals surface area (Å²) in [6, 6.07) is 14.8. The van der Waals surface area contributed by atoms with Crippen LogP contribution in [0.2, 0.25) is 0 Å². The number of thiocarbonyl (C=S) groups is 1. The van der Waals surface area contributed by atoms with Crippen molar-refractivity contribution in [3.8, 4) is 5.75 Å². The fourth-order valence-electron chi connectivity index (χ4n) is 2.06. The van der Waals surface area contributed by atoms with E-state index in [0.29, 0.717) is 5.75 Å². The molecule has 0 fully saturated rings. The molecule has 136 valence electrons. The zero-order valence-corrected chi connectivity index (χ0v) is 16.4. The minimum Gasteiger partial charge on any atom is -0.483 e. The van der Waals surface area contributed by atoms with Crippen LogP contribution in [0, 0.1) is 6.92 Å². The predicted octanol–water partition coefficient (Wildman–Crippen LogP) is 2.40. The first-order chi connectivity index (χ1) is 12.4. The van der Waals surface area contributed by atoms with Crippen LogP contribution in [-0.4, -0.2) is 23.5 Å². The van der Waals surface area contributed by atoms with E-state index in [2.05, 4.69) is 32.1 Å². The van der Waals surface area contributed by atoms with Gasteiger partial charge in [-0.1, -0.05) is 46.3 Å². The van der Waals surface area contributed by atoms with Gasteiger partial charge < -0.3 is 10.1 Å². The van der Waals surface area contributed by atoms with E-state index < -0.39 is 5.91 Å². The maximum atomic E-state index is 11.9. The van der Waals surface area contributed by atoms with Gasteiger partial charge in [-0.15, -0.1) is 0 Å². The molecule has 3 N–H and O–H groups in total. The summed E-state index contributed by atoms with van der Waals surface area (Å²) in [5, 5.41) is 2.51. The monoisotopic (exact) mass is 435 g/mol. The van der Waals surface area contributed by atoms with E-state index in [4.69, 9.17) is 17.0 Å². The van der Waals surface area contributed by atoms with Crippen molar-refractivity contribution in [3.05, 3.63) is 64.1 Å². The minimum absolute atomic E-state index is 0.0131. The topological polar surface area (TPSA) is 79.5 Å². The first kappa shape index (κ1) is 19.9. The lowest BCUT2D eigenvalue weighted by Gasteiger charge is -2.12. The summed E-state index contributed by atoms with van der Waals surface area (Å²) in [6.45, 7) is 1.70. The van der Waals surface area contributed by atoms with Crippen molar-refractivity contribution < 1.29 is 14.3 Å². The number of carbonyl (C=O) groups is 2. The number of benzene rings is 2. The van der Waals surface area contributed by atoms with Gasteiger partial charge in [0, 0.05) is 4.47 Å². The Labute approximate surface area is 165 Å². The summed E-state index contributed by atoms with van der Waals surface area (Å²) in [5.41, 5.74) is 6.62. The molecular weight excluding hydrogens is 418 g/mol. The molecule has 0 heterocycles. The molecule has 8 heteroatoms. The van der Waals surface area contributed by atoms with Gasteiger partial charge in [0.25, 0.3) is 5.91 Å². The van der Waals surface area contributed by atoms with E-state index in [1.165, 1.54) is 0 Å². The number of nitrogens with one attached hydrogen (secondary N) is 3. The van der Waals surface area contributed by atoms with Crippen LogP contribution in [0.3, 0.4) is 0 Å². The maximum absolute atomic E-state index is 11.9. The van der Waals surface area contributed by atoms with Crippen LogP contribution in [0.4, 0.5) is 0 Å². The molecule has 0 aliphatic carbocycles. The van der Waals surface area contributed by atoms with Crippen LogP contribution in [0.1, 0.15) is 11.1 Å². The van der Waals surface area contributed by atoms with Crippen LogP contribution >= 0.6 is 28.1 Å². The van der Waals surface area contributed by atoms with E-state index in [-0.39, 0.29) is 24.0 Å². The number of ether oxygens (including phenoxy) is 1. The fourth-order valence-corrected chi connectivity index (χ4v) is 2.70. The lowest BCUT2D eigenvalue weighted by atomic mass is 10.1. The second-order valence-corrected chi connectivity index (χ2v) is 6.74. The van der Waals surface area contributed by atoms with Crippen LogP contribution in [0.5, 0.6) is 5.75 Å². The van der Waals surface area contributed by atoms with Crippen molar-refractivity contribution in [1.29, 1.82) is 0 Å². The Hall–Kier alpha value is -2.45. The quantitative estimate of drug-likeness (QED) is 0.496. The lowest BCUT2D eigenvalue weighted by Crippen LogP contribution is -2.49. The summed E-state index contributed by atoms with van der Waals surface area (Å²) in [4.78, 5) is 23.7. The van der Waals surface area contributed by atoms with Crippen LogP contribution < -0.4 is 20.9 Å². The van der Waals surface area contributed by atoms with Gasteiger partial charge in [-0.3, -0.25) is 20.4 Å². The number of hydrogen-bond donors (Lipinski definition) is 3. The molecule has 2 amide bonds. The number of hydrogen-bond acceptors (Lipinski definition) is 4. The average molecular weight is 436 g/mol. The van der Waals surface area contributed by atoms with Crippen molar-refractivity contribution in [1.82, 2.24) is 16.2 Å². The predicted molar refractivity (Wildman–Crippen MR) is 107 cm³/mol. The number of hydrazine groups is 1. The molecule has 2 aromatic carbocycles. The van der Waals surface area contributed by atoms with Crippen molar-refractivity contribution in [2.24, 2.45) is 0 Å². The van der Waals surface area contributed by atoms with Gasteiger partial charge >= 0.3 is 0 Å². The number of rotatable bonds is 5. The molecule has 0 saturated heterocycles. The molecule has 0 atom stereocenters. The van der Waals surface area contributed by atoms with Crippen molar-refractivity contribution in [2.45, 2.75) is 13.3 Å². The molecule has 0 unspecified atom stereocenters. The second-order valence-electron chi connectivity index (χ2n) is 5.41. The fraction of sp³-hybridized carbons (Fsp3) is 0.167. The SMILES string of the molecule is Cc1cc(Br)ccc1OCC(=O)NNC(=S)NC(=O)Cc1ccccc1. The van der Waals surface area contributed by atoms with Gasteiger partial charge in [0.2, 0.25) is 5.91 Å². The maximum Gasteiger partial charge on any atom is 0.276 e. The van der Waals surface area contributed by atoms with Gasteiger partial charge in [0.1, 0.15) is 5.75 Å². The van der Waals surface area contributed by atoms with Gasteiger partial charge in [-0.05, 0) is 48.5 Å². The number of amides is 2. The second kappa shape index (κ2) is 9.88. The smallest absolute Gasteiger partial charge is 0.276 e. The van der Waals surface area contributed by atoms with E-state index in [0.717, 1.165) is 15.6 Å². The molecule has 2 aromatic rings. The first-order valence-corrected chi connectivity index (χ1v) is 8.95. The summed E-state index contributed by atoms with van der Waals surface area (Å²) in [7, 11) is 0. The Balaban J connectivity index is 1.69. The third kappa shape index (κ3) is 6.81. The molecule has 0 radical (unpaired) electrons. The molecular formula is C18H18BrN3O3S. The molecule has 0 saturated carbocycles. The molecule has 26 heavy (non-hydrogen) atoms. The summed E-state index contributed by atoms with van der Waals surface area (Å²) in [5.74, 6) is -0.0845. The van der Waals surface area contributed by atoms with Gasteiger partial charge in [-0.25, -0.2) is 0 Å². The zero-order valence-electron chi connectivity index (χ0n) is 14.0. The number of aryl methyl sites for hydroxylation is 1. The largest absolute Gasteiger partial charge is 0.483 e. The highest BCUT2D eigenvalue weighted by atomic mass is 79.9. The normalized spacial score (nSPS) is 9.92. The minimum atomic E-state index is -0.424. The third-order valence-electron chi connectivity index (χ3n) is 3.27. The summed E-state index contributed by atoms with van der Waals surface area (Å²) in [6.07, 6.45) is 0.197. The summed E-state index contributed by atoms with van der Waals surface area (Å²) < 4.78 is 6.38. The first-order valence-electron chi connectivity index (χ1n) is 7.75. The molecule has 0 aliphatic heterocycles. The Kier molecular flexibility index (Phi) is 7.55. The Morgan fingerprint density at radius 2 is 1.81 bits per heavy atom. The lowest BCUT2D eigenvalue weighted by molar-refractivity contribution is -0.124. The highest BCUT2D eigenvalue weighted by molar-refractivity contribution is 9.10. The standard InChI is InChI=1S/C18H18BrN3O3S/c1-12-9-14(19)7-8-15(12)25-11-17(24)21-22-18(26)20-16(23)10-13-5-3-2-4-6-13/h2-9H,10-11H2,1H3,(H,21,24)(H2,20,22,23,26). The zero-order chi connectivity index (χ0) is 18.9. The van der Waals surface area contributed by atoms with Crippen LogP contribution in [0.25, 0.3) is 0 Å². The van der Waals surface area contributed by atoms with E-state index in [1.807, 2.05) is 49.4 Å². The average Bonchev–Trinajstić information content (AvgIpc) is 2.60. The molecule has 0 aliphatic rings. The molecule has 6 nitrogen and oxygen atoms in total. The molecule has 2 rings (SSSR count). The van der Waals surface area contributed by atoms with E-state index in [9.17, 15) is 9.59 Å². The molecule has 0 bridgehead atoms. The van der Waals surface area contributed by atoms with Gasteiger partial charge in [0.05, 0.1) is 6.42 Å². The van der Waals surface area contributed by atoms with E-state index >= 15 is 0 Å². The highest BCUT2D eigenvalue weighted by Crippen LogP contribution is 2.21. The Morgan fingerprint density at radius 1 is 1.08 bits per heavy atom. The number of carbonyl (C=O) groups excluding carboxylic acids is 2. The molecule has 0 aromatic heterocycles. The van der Waals surface area contributed by atoms with Gasteiger partial charge in [0.15, 0.2) is 11.7 Å². The van der Waals surface area contributed by atoms with Crippen molar-refractivity contribution in [3.63, 3.8) is 0 Å². The summed E-state index contributed by atoms with van der Waals surface area (Å²) >= 11 is 8.34. The highest BCUT2D eigenvalue weighted by Gasteiger charge is 2.08. The number of halogens is 1. The van der Waals surface area contributed by atoms with Crippen molar-refractivity contribution in [2.75, 3.05) is 6.61 Å². The Morgan fingerprint density at radius 3 is 2.50 bits per heavy atom. The van der Waals surface area contributed by atoms with Crippen LogP contribution in [-0.2, 0) is 16.0 Å². The third-order valence-corrected chi connectivity index (χ3v) is 3.97. The van der Waals surface area contributed by atoms with E-state index in [1.54, 1.807) is 6.07 Å². The van der Waals surface area contributed by atoms with Gasteiger partial charge in [-0.2, -0.15) is 0 Å². The van der Waals surface area contributed by atoms with Crippen molar-refractivity contribution >= 4 is 45.1 Å². The van der Waals surface area contributed by atoms with Crippen LogP contribution in [0.15, 0.2) is 53.0 Å². The molecule has 0 spiro atoms.